The van der Waals surface area contributed by atoms with Crippen LogP contribution in [0.4, 0.5) is 0 Å². The van der Waals surface area contributed by atoms with Crippen molar-refractivity contribution in [2.24, 2.45) is 5.16 Å². The van der Waals surface area contributed by atoms with Gasteiger partial charge in [0.05, 0.1) is 12.0 Å². The van der Waals surface area contributed by atoms with E-state index >= 15 is 0 Å². The maximum absolute atomic E-state index is 12.7. The molecule has 27 heavy (non-hydrogen) atoms. The van der Waals surface area contributed by atoms with Crippen molar-refractivity contribution < 1.29 is 18.8 Å². The molecule has 0 spiro atoms. The third kappa shape index (κ3) is 3.75. The molecule has 0 aliphatic carbocycles. The van der Waals surface area contributed by atoms with Crippen LogP contribution in [0.25, 0.3) is 0 Å². The number of nitrogens with zero attached hydrogens (tertiary/aromatic N) is 3. The number of carbonyl (C=O) groups is 2. The highest BCUT2D eigenvalue weighted by molar-refractivity contribution is 9.10. The van der Waals surface area contributed by atoms with E-state index in [-0.39, 0.29) is 11.8 Å². The van der Waals surface area contributed by atoms with Crippen molar-refractivity contribution in [3.63, 3.8) is 0 Å². The minimum Gasteiger partial charge on any atom is -0.459 e. The zero-order chi connectivity index (χ0) is 18.8. The molecule has 2 amide bonds. The zero-order valence-electron chi connectivity index (χ0n) is 14.5. The first-order valence-electron chi connectivity index (χ1n) is 8.72. The molecule has 8 heteroatoms. The number of halogens is 1. The molecule has 0 unspecified atom stereocenters. The summed E-state index contributed by atoms with van der Waals surface area (Å²) >= 11 is 3.44. The van der Waals surface area contributed by atoms with Crippen LogP contribution >= 0.6 is 15.9 Å². The van der Waals surface area contributed by atoms with Gasteiger partial charge in [0.1, 0.15) is 0 Å². The Morgan fingerprint density at radius 1 is 1.07 bits per heavy atom. The molecule has 1 fully saturated rings. The molecule has 2 aromatic rings. The third-order valence-electron chi connectivity index (χ3n) is 4.71. The average molecular weight is 432 g/mol. The van der Waals surface area contributed by atoms with Crippen LogP contribution in [0.15, 0.2) is 56.7 Å². The molecule has 3 heterocycles. The second-order valence-electron chi connectivity index (χ2n) is 6.44. The van der Waals surface area contributed by atoms with Gasteiger partial charge in [-0.15, -0.1) is 0 Å². The minimum atomic E-state index is -0.605. The Bertz CT molecular complexity index is 873. The summed E-state index contributed by atoms with van der Waals surface area (Å²) in [4.78, 5) is 33.9. The van der Waals surface area contributed by atoms with Gasteiger partial charge in [-0.1, -0.05) is 33.2 Å². The Balaban J connectivity index is 1.32. The van der Waals surface area contributed by atoms with Gasteiger partial charge in [0, 0.05) is 42.6 Å². The van der Waals surface area contributed by atoms with E-state index in [1.54, 1.807) is 21.9 Å². The number of benzene rings is 1. The normalized spacial score (nSPS) is 19.6. The van der Waals surface area contributed by atoms with Crippen LogP contribution < -0.4 is 0 Å². The van der Waals surface area contributed by atoms with Crippen molar-refractivity contribution in [3.05, 3.63) is 58.5 Å². The molecule has 1 aromatic carbocycles. The van der Waals surface area contributed by atoms with Crippen molar-refractivity contribution in [2.45, 2.75) is 12.5 Å². The van der Waals surface area contributed by atoms with Gasteiger partial charge in [0.15, 0.2) is 5.76 Å². The summed E-state index contributed by atoms with van der Waals surface area (Å²) in [5, 5.41) is 4.09. The fourth-order valence-corrected chi connectivity index (χ4v) is 3.64. The quantitative estimate of drug-likeness (QED) is 0.747. The van der Waals surface area contributed by atoms with E-state index in [4.69, 9.17) is 9.25 Å². The number of furan rings is 1. The number of oxime groups is 1. The van der Waals surface area contributed by atoms with Gasteiger partial charge in [-0.05, 0) is 24.3 Å². The lowest BCUT2D eigenvalue weighted by Crippen LogP contribution is -2.52. The van der Waals surface area contributed by atoms with Crippen LogP contribution in [0, 0.1) is 0 Å². The first-order valence-corrected chi connectivity index (χ1v) is 9.51. The van der Waals surface area contributed by atoms with Crippen LogP contribution in [0.2, 0.25) is 0 Å². The van der Waals surface area contributed by atoms with Gasteiger partial charge >= 0.3 is 0 Å². The number of hydrogen-bond donors (Lipinski definition) is 0. The molecular weight excluding hydrogens is 414 g/mol. The molecule has 1 aromatic heterocycles. The molecule has 1 saturated heterocycles. The van der Waals surface area contributed by atoms with Gasteiger partial charge in [-0.2, -0.15) is 0 Å². The molecule has 0 saturated carbocycles. The fraction of sp³-hybridized carbons (Fsp3) is 0.316. The molecular formula is C19H18BrN3O4. The van der Waals surface area contributed by atoms with Crippen molar-refractivity contribution >= 4 is 33.5 Å². The molecule has 2 aliphatic rings. The summed E-state index contributed by atoms with van der Waals surface area (Å²) in [6.07, 6.45) is 1.32. The summed E-state index contributed by atoms with van der Waals surface area (Å²) < 4.78 is 6.11. The van der Waals surface area contributed by atoms with Crippen molar-refractivity contribution in [1.82, 2.24) is 9.80 Å². The highest BCUT2D eigenvalue weighted by atomic mass is 79.9. The Morgan fingerprint density at radius 3 is 2.56 bits per heavy atom. The van der Waals surface area contributed by atoms with E-state index in [1.165, 1.54) is 6.26 Å². The smallest absolute Gasteiger partial charge is 0.289 e. The molecule has 7 nitrogen and oxygen atoms in total. The second-order valence-corrected chi connectivity index (χ2v) is 7.36. The molecule has 4 rings (SSSR count). The Morgan fingerprint density at radius 2 is 1.85 bits per heavy atom. The SMILES string of the molecule is O=C(c1ccco1)N1CCN(C(=O)[C@@H]2CC(c3cccc(Br)c3)=NO2)CC1. The molecule has 0 bridgehead atoms. The predicted molar refractivity (Wildman–Crippen MR) is 101 cm³/mol. The van der Waals surface area contributed by atoms with Gasteiger partial charge in [0.2, 0.25) is 6.10 Å². The van der Waals surface area contributed by atoms with Gasteiger partial charge in [-0.25, -0.2) is 0 Å². The standard InChI is InChI=1S/C19H18BrN3O4/c20-14-4-1-3-13(11-14)15-12-17(27-21-15)19(25)23-8-6-22(7-9-23)18(24)16-5-2-10-26-16/h1-5,10-11,17H,6-9,12H2/t17-/m0/s1. The minimum absolute atomic E-state index is 0.0890. The van der Waals surface area contributed by atoms with Crippen molar-refractivity contribution in [2.75, 3.05) is 26.2 Å². The topological polar surface area (TPSA) is 75.4 Å². The lowest BCUT2D eigenvalue weighted by Gasteiger charge is -2.35. The lowest BCUT2D eigenvalue weighted by molar-refractivity contribution is -0.143. The molecule has 140 valence electrons. The third-order valence-corrected chi connectivity index (χ3v) is 5.21. The first-order chi connectivity index (χ1) is 13.1. The van der Waals surface area contributed by atoms with E-state index in [9.17, 15) is 9.59 Å². The first kappa shape index (κ1) is 17.8. The highest BCUT2D eigenvalue weighted by Crippen LogP contribution is 2.21. The Hall–Kier alpha value is -2.61. The predicted octanol–water partition coefficient (Wildman–Crippen LogP) is 2.52. The van der Waals surface area contributed by atoms with Gasteiger partial charge in [0.25, 0.3) is 11.8 Å². The molecule has 1 atom stereocenters. The van der Waals surface area contributed by atoms with Crippen LogP contribution in [-0.2, 0) is 9.63 Å². The largest absolute Gasteiger partial charge is 0.459 e. The second kappa shape index (κ2) is 7.56. The number of hydrogen-bond acceptors (Lipinski definition) is 5. The maximum atomic E-state index is 12.7. The van der Waals surface area contributed by atoms with Crippen LogP contribution in [0.5, 0.6) is 0 Å². The van der Waals surface area contributed by atoms with E-state index in [0.717, 1.165) is 15.7 Å². The number of piperazine rings is 1. The van der Waals surface area contributed by atoms with Crippen LogP contribution in [-0.4, -0.2) is 59.6 Å². The van der Waals surface area contributed by atoms with E-state index in [2.05, 4.69) is 21.1 Å². The Kier molecular flexibility index (Phi) is 4.98. The van der Waals surface area contributed by atoms with Crippen LogP contribution in [0.1, 0.15) is 22.5 Å². The molecule has 2 aliphatic heterocycles. The summed E-state index contributed by atoms with van der Waals surface area (Å²) in [5.74, 6) is 0.0827. The van der Waals surface area contributed by atoms with Gasteiger partial charge < -0.3 is 19.1 Å². The lowest BCUT2D eigenvalue weighted by atomic mass is 10.0. The number of carbonyl (C=O) groups excluding carboxylic acids is 2. The summed E-state index contributed by atoms with van der Waals surface area (Å²) in [5.41, 5.74) is 1.70. The van der Waals surface area contributed by atoms with E-state index < -0.39 is 6.10 Å². The summed E-state index contributed by atoms with van der Waals surface area (Å²) in [7, 11) is 0. The van der Waals surface area contributed by atoms with E-state index in [1.807, 2.05) is 24.3 Å². The zero-order valence-corrected chi connectivity index (χ0v) is 16.1. The van der Waals surface area contributed by atoms with Crippen molar-refractivity contribution in [1.29, 1.82) is 0 Å². The summed E-state index contributed by atoms with van der Waals surface area (Å²) in [6.45, 7) is 1.88. The van der Waals surface area contributed by atoms with Crippen LogP contribution in [0.3, 0.4) is 0 Å². The van der Waals surface area contributed by atoms with Crippen molar-refractivity contribution in [3.8, 4) is 0 Å². The average Bonchev–Trinajstić information content (AvgIpc) is 3.39. The monoisotopic (exact) mass is 431 g/mol. The Labute approximate surface area is 164 Å². The number of rotatable bonds is 3. The van der Waals surface area contributed by atoms with Gasteiger partial charge in [-0.3, -0.25) is 9.59 Å². The highest BCUT2D eigenvalue weighted by Gasteiger charge is 2.34. The molecule has 0 radical (unpaired) electrons. The molecule has 0 N–H and O–H groups in total. The number of amides is 2. The fourth-order valence-electron chi connectivity index (χ4n) is 3.24. The maximum Gasteiger partial charge on any atom is 0.289 e. The van der Waals surface area contributed by atoms with E-state index in [0.29, 0.717) is 38.4 Å². The summed E-state index contributed by atoms with van der Waals surface area (Å²) in [6, 6.07) is 11.1.